The molecule has 1 saturated heterocycles. The molecule has 0 radical (unpaired) electrons. The van der Waals surface area contributed by atoms with Gasteiger partial charge in [0.15, 0.2) is 0 Å². The summed E-state index contributed by atoms with van der Waals surface area (Å²) in [6.07, 6.45) is 2.04. The Labute approximate surface area is 113 Å². The maximum absolute atomic E-state index is 12.2. The van der Waals surface area contributed by atoms with E-state index in [0.29, 0.717) is 16.5 Å². The Morgan fingerprint density at radius 1 is 1.33 bits per heavy atom. The Morgan fingerprint density at radius 3 is 2.50 bits per heavy atom. The molecule has 4 heteroatoms. The van der Waals surface area contributed by atoms with Gasteiger partial charge in [-0.25, -0.2) is 0 Å². The number of hydrogen-bond acceptors (Lipinski definition) is 2. The maximum Gasteiger partial charge on any atom is 0.253 e. The van der Waals surface area contributed by atoms with Gasteiger partial charge in [-0.2, -0.15) is 0 Å². The molecule has 1 aromatic carbocycles. The first-order valence-electron chi connectivity index (χ1n) is 6.24. The van der Waals surface area contributed by atoms with Crippen molar-refractivity contribution in [3.8, 4) is 0 Å². The first kappa shape index (κ1) is 13.4. The van der Waals surface area contributed by atoms with Gasteiger partial charge in [0.25, 0.3) is 5.91 Å². The number of carbonyl (C=O) groups excluding carboxylic acids is 1. The van der Waals surface area contributed by atoms with Crippen LogP contribution in [0.3, 0.4) is 0 Å². The van der Waals surface area contributed by atoms with Gasteiger partial charge in [0.2, 0.25) is 0 Å². The summed E-state index contributed by atoms with van der Waals surface area (Å²) in [5.41, 5.74) is 0.713. The lowest BCUT2D eigenvalue weighted by Gasteiger charge is -2.31. The van der Waals surface area contributed by atoms with Gasteiger partial charge < -0.3 is 9.64 Å². The summed E-state index contributed by atoms with van der Waals surface area (Å²) in [4.78, 5) is 14.1. The largest absolute Gasteiger partial charge is 0.384 e. The summed E-state index contributed by atoms with van der Waals surface area (Å²) in [6, 6.07) is 7.08. The molecule has 18 heavy (non-hydrogen) atoms. The minimum atomic E-state index is 0.0996. The fourth-order valence-electron chi connectivity index (χ4n) is 2.31. The van der Waals surface area contributed by atoms with Crippen molar-refractivity contribution in [2.75, 3.05) is 26.8 Å². The Morgan fingerprint density at radius 2 is 1.94 bits per heavy atom. The molecule has 0 atom stereocenters. The van der Waals surface area contributed by atoms with E-state index >= 15 is 0 Å². The second-order valence-corrected chi connectivity index (χ2v) is 5.13. The van der Waals surface area contributed by atoms with Crippen LogP contribution in [0.4, 0.5) is 0 Å². The maximum atomic E-state index is 12.2. The monoisotopic (exact) mass is 267 g/mol. The minimum Gasteiger partial charge on any atom is -0.384 e. The second-order valence-electron chi connectivity index (χ2n) is 4.70. The van der Waals surface area contributed by atoms with Gasteiger partial charge in [0.1, 0.15) is 0 Å². The quantitative estimate of drug-likeness (QED) is 0.843. The van der Waals surface area contributed by atoms with Crippen LogP contribution in [0, 0.1) is 5.92 Å². The van der Waals surface area contributed by atoms with Crippen LogP contribution in [0.2, 0.25) is 5.02 Å². The topological polar surface area (TPSA) is 29.5 Å². The number of halogens is 1. The lowest BCUT2D eigenvalue weighted by atomic mass is 9.97. The summed E-state index contributed by atoms with van der Waals surface area (Å²) in [6.45, 7) is 2.42. The van der Waals surface area contributed by atoms with Gasteiger partial charge in [-0.3, -0.25) is 4.79 Å². The van der Waals surface area contributed by atoms with E-state index in [1.165, 1.54) is 0 Å². The Balaban J connectivity index is 1.93. The fourth-order valence-corrected chi connectivity index (χ4v) is 2.44. The van der Waals surface area contributed by atoms with Gasteiger partial charge in [0.05, 0.1) is 0 Å². The van der Waals surface area contributed by atoms with E-state index in [0.717, 1.165) is 32.5 Å². The van der Waals surface area contributed by atoms with Crippen molar-refractivity contribution in [1.82, 2.24) is 4.90 Å². The molecular formula is C14H18ClNO2. The average Bonchev–Trinajstić information content (AvgIpc) is 2.40. The Kier molecular flexibility index (Phi) is 4.61. The zero-order chi connectivity index (χ0) is 13.0. The van der Waals surface area contributed by atoms with E-state index in [4.69, 9.17) is 16.3 Å². The predicted octanol–water partition coefficient (Wildman–Crippen LogP) is 2.84. The van der Waals surface area contributed by atoms with E-state index in [2.05, 4.69) is 0 Å². The zero-order valence-corrected chi connectivity index (χ0v) is 11.3. The molecule has 0 N–H and O–H groups in total. The van der Waals surface area contributed by atoms with Crippen LogP contribution in [0.5, 0.6) is 0 Å². The molecule has 1 amide bonds. The van der Waals surface area contributed by atoms with Gasteiger partial charge in [-0.1, -0.05) is 11.6 Å². The second kappa shape index (κ2) is 6.21. The van der Waals surface area contributed by atoms with Gasteiger partial charge in [-0.15, -0.1) is 0 Å². The molecule has 98 valence electrons. The van der Waals surface area contributed by atoms with E-state index < -0.39 is 0 Å². The molecule has 0 aliphatic carbocycles. The number of rotatable bonds is 3. The number of ether oxygens (including phenoxy) is 1. The average molecular weight is 268 g/mol. The lowest BCUT2D eigenvalue weighted by Crippen LogP contribution is -2.39. The molecule has 0 saturated carbocycles. The Hall–Kier alpha value is -1.06. The molecular weight excluding hydrogens is 250 g/mol. The summed E-state index contributed by atoms with van der Waals surface area (Å²) in [7, 11) is 1.73. The molecule has 0 unspecified atom stereocenters. The van der Waals surface area contributed by atoms with Gasteiger partial charge in [-0.05, 0) is 43.0 Å². The first-order valence-corrected chi connectivity index (χ1v) is 6.62. The smallest absolute Gasteiger partial charge is 0.253 e. The molecule has 2 rings (SSSR count). The van der Waals surface area contributed by atoms with E-state index in [9.17, 15) is 4.79 Å². The van der Waals surface area contributed by atoms with Crippen LogP contribution < -0.4 is 0 Å². The SMILES string of the molecule is COCC1CCN(C(=O)c2ccc(Cl)cc2)CC1. The molecule has 0 bridgehead atoms. The fraction of sp³-hybridized carbons (Fsp3) is 0.500. The normalized spacial score (nSPS) is 16.9. The van der Waals surface area contributed by atoms with E-state index in [-0.39, 0.29) is 5.91 Å². The van der Waals surface area contributed by atoms with Crippen molar-refractivity contribution < 1.29 is 9.53 Å². The molecule has 0 spiro atoms. The van der Waals surface area contributed by atoms with Crippen LogP contribution in [-0.4, -0.2) is 37.6 Å². The molecule has 1 aliphatic rings. The molecule has 1 heterocycles. The van der Waals surface area contributed by atoms with Crippen LogP contribution in [0.25, 0.3) is 0 Å². The van der Waals surface area contributed by atoms with Gasteiger partial charge in [0, 0.05) is 37.4 Å². The van der Waals surface area contributed by atoms with Crippen molar-refractivity contribution in [2.24, 2.45) is 5.92 Å². The number of nitrogens with zero attached hydrogens (tertiary/aromatic N) is 1. The Bertz CT molecular complexity index is 397. The lowest BCUT2D eigenvalue weighted by molar-refractivity contribution is 0.0613. The highest BCUT2D eigenvalue weighted by Gasteiger charge is 2.23. The first-order chi connectivity index (χ1) is 8.70. The molecule has 1 fully saturated rings. The third-order valence-corrected chi connectivity index (χ3v) is 3.65. The third kappa shape index (κ3) is 3.24. The van der Waals surface area contributed by atoms with E-state index in [1.807, 2.05) is 4.90 Å². The van der Waals surface area contributed by atoms with Crippen LogP contribution in [0.15, 0.2) is 24.3 Å². The van der Waals surface area contributed by atoms with E-state index in [1.54, 1.807) is 31.4 Å². The summed E-state index contributed by atoms with van der Waals surface area (Å²) >= 11 is 5.82. The highest BCUT2D eigenvalue weighted by atomic mass is 35.5. The number of benzene rings is 1. The molecule has 1 aliphatic heterocycles. The number of carbonyl (C=O) groups is 1. The number of piperidine rings is 1. The van der Waals surface area contributed by atoms with Crippen LogP contribution >= 0.6 is 11.6 Å². The third-order valence-electron chi connectivity index (χ3n) is 3.40. The summed E-state index contributed by atoms with van der Waals surface area (Å²) in [5, 5.41) is 0.658. The number of amides is 1. The number of methoxy groups -OCH3 is 1. The zero-order valence-electron chi connectivity index (χ0n) is 10.6. The number of likely N-dealkylation sites (tertiary alicyclic amines) is 1. The number of hydrogen-bond donors (Lipinski definition) is 0. The highest BCUT2D eigenvalue weighted by molar-refractivity contribution is 6.30. The van der Waals surface area contributed by atoms with Crippen molar-refractivity contribution in [3.63, 3.8) is 0 Å². The van der Waals surface area contributed by atoms with Crippen molar-refractivity contribution in [2.45, 2.75) is 12.8 Å². The predicted molar refractivity (Wildman–Crippen MR) is 72.0 cm³/mol. The summed E-state index contributed by atoms with van der Waals surface area (Å²) in [5.74, 6) is 0.687. The highest BCUT2D eigenvalue weighted by Crippen LogP contribution is 2.19. The molecule has 1 aromatic rings. The van der Waals surface area contributed by atoms with Crippen molar-refractivity contribution in [3.05, 3.63) is 34.9 Å². The molecule has 3 nitrogen and oxygen atoms in total. The van der Waals surface area contributed by atoms with Crippen molar-refractivity contribution >= 4 is 17.5 Å². The van der Waals surface area contributed by atoms with Crippen molar-refractivity contribution in [1.29, 1.82) is 0 Å². The molecule has 0 aromatic heterocycles. The standard InChI is InChI=1S/C14H18ClNO2/c1-18-10-11-6-8-16(9-7-11)14(17)12-2-4-13(15)5-3-12/h2-5,11H,6-10H2,1H3. The van der Waals surface area contributed by atoms with Crippen LogP contribution in [0.1, 0.15) is 23.2 Å². The summed E-state index contributed by atoms with van der Waals surface area (Å²) < 4.78 is 5.16. The minimum absolute atomic E-state index is 0.0996. The van der Waals surface area contributed by atoms with Gasteiger partial charge >= 0.3 is 0 Å². The van der Waals surface area contributed by atoms with Crippen LogP contribution in [-0.2, 0) is 4.74 Å².